The van der Waals surface area contributed by atoms with Gasteiger partial charge < -0.3 is 9.67 Å². The first kappa shape index (κ1) is 18.0. The Morgan fingerprint density at radius 3 is 2.70 bits per heavy atom. The number of hydrogen-bond donors (Lipinski definition) is 1. The normalized spacial score (nSPS) is 20.1. The van der Waals surface area contributed by atoms with Gasteiger partial charge in [-0.15, -0.1) is 0 Å². The lowest BCUT2D eigenvalue weighted by molar-refractivity contribution is 0.0684. The van der Waals surface area contributed by atoms with Crippen molar-refractivity contribution in [2.45, 2.75) is 39.2 Å². The van der Waals surface area contributed by atoms with Crippen LogP contribution < -0.4 is 0 Å². The SMILES string of the molecule is CC1CCC(Cn2ccc3nc(C(=O)O)nc(-c4cccc(Cl)c4)c32)CC1. The lowest BCUT2D eigenvalue weighted by Crippen LogP contribution is -2.17. The molecule has 0 saturated heterocycles. The molecule has 3 aromatic rings. The standard InChI is InChI=1S/C21H22ClN3O2/c1-13-5-7-14(8-6-13)12-25-10-9-17-19(25)18(24-20(23-17)21(26)27)15-3-2-4-16(22)11-15/h2-4,9-11,13-14H,5-8,12H2,1H3,(H,26,27). The van der Waals surface area contributed by atoms with Crippen LogP contribution in [-0.2, 0) is 6.54 Å². The average Bonchev–Trinajstić information content (AvgIpc) is 3.05. The molecule has 0 amide bonds. The molecule has 1 aromatic carbocycles. The minimum Gasteiger partial charge on any atom is -0.475 e. The number of hydrogen-bond acceptors (Lipinski definition) is 3. The Morgan fingerprint density at radius 1 is 1.22 bits per heavy atom. The van der Waals surface area contributed by atoms with Crippen LogP contribution in [0.3, 0.4) is 0 Å². The van der Waals surface area contributed by atoms with Crippen LogP contribution in [-0.4, -0.2) is 25.6 Å². The van der Waals surface area contributed by atoms with E-state index in [1.165, 1.54) is 25.7 Å². The van der Waals surface area contributed by atoms with Crippen molar-refractivity contribution in [1.82, 2.24) is 14.5 Å². The zero-order valence-electron chi connectivity index (χ0n) is 15.2. The zero-order chi connectivity index (χ0) is 19.0. The third kappa shape index (κ3) is 3.69. The second-order valence-corrected chi connectivity index (χ2v) is 7.98. The molecule has 2 heterocycles. The van der Waals surface area contributed by atoms with E-state index < -0.39 is 5.97 Å². The molecule has 0 atom stereocenters. The third-order valence-corrected chi connectivity index (χ3v) is 5.73. The summed E-state index contributed by atoms with van der Waals surface area (Å²) in [6.45, 7) is 3.22. The molecule has 1 aliphatic carbocycles. The lowest BCUT2D eigenvalue weighted by Gasteiger charge is -2.26. The highest BCUT2D eigenvalue weighted by Gasteiger charge is 2.22. The van der Waals surface area contributed by atoms with E-state index in [2.05, 4.69) is 21.5 Å². The first-order chi connectivity index (χ1) is 13.0. The molecule has 0 bridgehead atoms. The maximum absolute atomic E-state index is 11.5. The van der Waals surface area contributed by atoms with Gasteiger partial charge in [0.05, 0.1) is 16.7 Å². The summed E-state index contributed by atoms with van der Waals surface area (Å²) >= 11 is 6.16. The van der Waals surface area contributed by atoms with E-state index in [1.54, 1.807) is 6.07 Å². The quantitative estimate of drug-likeness (QED) is 0.665. The molecule has 1 N–H and O–H groups in total. The number of benzene rings is 1. The summed E-state index contributed by atoms with van der Waals surface area (Å²) in [4.78, 5) is 20.1. The molecule has 0 radical (unpaired) electrons. The van der Waals surface area contributed by atoms with Gasteiger partial charge in [0.25, 0.3) is 0 Å². The number of nitrogens with zero attached hydrogens (tertiary/aromatic N) is 3. The first-order valence-electron chi connectivity index (χ1n) is 9.37. The molecule has 1 saturated carbocycles. The van der Waals surface area contributed by atoms with E-state index in [4.69, 9.17) is 11.6 Å². The summed E-state index contributed by atoms with van der Waals surface area (Å²) in [5, 5.41) is 10.00. The highest BCUT2D eigenvalue weighted by Crippen LogP contribution is 2.33. The molecule has 5 nitrogen and oxygen atoms in total. The molecule has 0 spiro atoms. The molecule has 2 aromatic heterocycles. The van der Waals surface area contributed by atoms with E-state index in [0.29, 0.717) is 22.2 Å². The van der Waals surface area contributed by atoms with E-state index in [0.717, 1.165) is 23.5 Å². The van der Waals surface area contributed by atoms with Crippen molar-refractivity contribution < 1.29 is 9.90 Å². The fourth-order valence-corrected chi connectivity index (χ4v) is 4.17. The van der Waals surface area contributed by atoms with Gasteiger partial charge in [-0.1, -0.05) is 43.5 Å². The van der Waals surface area contributed by atoms with Crippen LogP contribution in [0, 0.1) is 11.8 Å². The summed E-state index contributed by atoms with van der Waals surface area (Å²) < 4.78 is 2.18. The predicted molar refractivity (Wildman–Crippen MR) is 106 cm³/mol. The van der Waals surface area contributed by atoms with Gasteiger partial charge in [0, 0.05) is 23.3 Å². The highest BCUT2D eigenvalue weighted by molar-refractivity contribution is 6.30. The van der Waals surface area contributed by atoms with Gasteiger partial charge in [-0.2, -0.15) is 0 Å². The van der Waals surface area contributed by atoms with Crippen molar-refractivity contribution in [2.75, 3.05) is 0 Å². The molecular weight excluding hydrogens is 362 g/mol. The summed E-state index contributed by atoms with van der Waals surface area (Å²) in [7, 11) is 0. The van der Waals surface area contributed by atoms with E-state index in [-0.39, 0.29) is 5.82 Å². The number of carboxylic acid groups (broad SMARTS) is 1. The Bertz CT molecular complexity index is 990. The van der Waals surface area contributed by atoms with Crippen molar-refractivity contribution in [2.24, 2.45) is 11.8 Å². The summed E-state index contributed by atoms with van der Waals surface area (Å²) in [6.07, 6.45) is 6.98. The van der Waals surface area contributed by atoms with Gasteiger partial charge in [0.15, 0.2) is 0 Å². The summed E-state index contributed by atoms with van der Waals surface area (Å²) in [6, 6.07) is 9.24. The van der Waals surface area contributed by atoms with Gasteiger partial charge in [0.1, 0.15) is 0 Å². The van der Waals surface area contributed by atoms with Gasteiger partial charge in [-0.05, 0) is 42.9 Å². The van der Waals surface area contributed by atoms with Crippen molar-refractivity contribution in [3.8, 4) is 11.3 Å². The Balaban J connectivity index is 1.81. The number of fused-ring (bicyclic) bond motifs is 1. The summed E-state index contributed by atoms with van der Waals surface area (Å²) in [5.74, 6) is 0.116. The predicted octanol–water partition coefficient (Wildman–Crippen LogP) is 5.28. The fraction of sp³-hybridized carbons (Fsp3) is 0.381. The molecule has 1 aliphatic rings. The molecular formula is C21H22ClN3O2. The Labute approximate surface area is 163 Å². The van der Waals surface area contributed by atoms with Crippen molar-refractivity contribution in [1.29, 1.82) is 0 Å². The second-order valence-electron chi connectivity index (χ2n) is 7.54. The van der Waals surface area contributed by atoms with E-state index in [9.17, 15) is 9.90 Å². The fourth-order valence-electron chi connectivity index (χ4n) is 3.98. The van der Waals surface area contributed by atoms with Gasteiger partial charge in [-0.25, -0.2) is 14.8 Å². The topological polar surface area (TPSA) is 68.0 Å². The van der Waals surface area contributed by atoms with Crippen LogP contribution in [0.15, 0.2) is 36.5 Å². The summed E-state index contributed by atoms with van der Waals surface area (Å²) in [5.41, 5.74) is 2.95. The molecule has 140 valence electrons. The minimum absolute atomic E-state index is 0.193. The zero-order valence-corrected chi connectivity index (χ0v) is 16.0. The van der Waals surface area contributed by atoms with Crippen molar-refractivity contribution >= 4 is 28.6 Å². The molecule has 27 heavy (non-hydrogen) atoms. The van der Waals surface area contributed by atoms with Gasteiger partial charge in [-0.3, -0.25) is 0 Å². The smallest absolute Gasteiger partial charge is 0.373 e. The number of rotatable bonds is 4. The number of aromatic carboxylic acids is 1. The van der Waals surface area contributed by atoms with Crippen LogP contribution >= 0.6 is 11.6 Å². The maximum atomic E-state index is 11.5. The minimum atomic E-state index is -1.13. The Hall–Kier alpha value is -2.40. The van der Waals surface area contributed by atoms with Crippen LogP contribution in [0.1, 0.15) is 43.2 Å². The van der Waals surface area contributed by atoms with E-state index in [1.807, 2.05) is 30.5 Å². The number of aromatic nitrogens is 3. The first-order valence-corrected chi connectivity index (χ1v) is 9.75. The Kier molecular flexibility index (Phi) is 4.87. The maximum Gasteiger partial charge on any atom is 0.373 e. The molecule has 0 aliphatic heterocycles. The van der Waals surface area contributed by atoms with Gasteiger partial charge >= 0.3 is 5.97 Å². The van der Waals surface area contributed by atoms with Crippen LogP contribution in [0.25, 0.3) is 22.3 Å². The lowest BCUT2D eigenvalue weighted by atomic mass is 9.83. The Morgan fingerprint density at radius 2 is 2.00 bits per heavy atom. The van der Waals surface area contributed by atoms with Crippen LogP contribution in [0.4, 0.5) is 0 Å². The largest absolute Gasteiger partial charge is 0.475 e. The van der Waals surface area contributed by atoms with Crippen LogP contribution in [0.5, 0.6) is 0 Å². The number of carboxylic acids is 1. The molecule has 6 heteroatoms. The molecule has 1 fully saturated rings. The number of halogens is 1. The molecule has 4 rings (SSSR count). The second kappa shape index (κ2) is 7.31. The molecule has 0 unspecified atom stereocenters. The van der Waals surface area contributed by atoms with Crippen LogP contribution in [0.2, 0.25) is 5.02 Å². The van der Waals surface area contributed by atoms with Crippen molar-refractivity contribution in [3.63, 3.8) is 0 Å². The number of carbonyl (C=O) groups is 1. The van der Waals surface area contributed by atoms with Crippen molar-refractivity contribution in [3.05, 3.63) is 47.4 Å². The monoisotopic (exact) mass is 383 g/mol. The van der Waals surface area contributed by atoms with Gasteiger partial charge in [0.2, 0.25) is 5.82 Å². The third-order valence-electron chi connectivity index (χ3n) is 5.49. The highest BCUT2D eigenvalue weighted by atomic mass is 35.5. The van der Waals surface area contributed by atoms with E-state index >= 15 is 0 Å². The average molecular weight is 384 g/mol.